The average molecular weight is 397 g/mol. The molecule has 0 amide bonds. The van der Waals surface area contributed by atoms with E-state index in [9.17, 15) is 9.90 Å². The second kappa shape index (κ2) is 8.89. The van der Waals surface area contributed by atoms with Crippen LogP contribution in [0.4, 0.5) is 0 Å². The molecule has 0 saturated carbocycles. The Morgan fingerprint density at radius 3 is 2.93 bits per heavy atom. The van der Waals surface area contributed by atoms with Gasteiger partial charge in [-0.3, -0.25) is 0 Å². The van der Waals surface area contributed by atoms with E-state index in [0.717, 1.165) is 43.4 Å². The number of aryl methyl sites for hydroxylation is 1. The van der Waals surface area contributed by atoms with Crippen LogP contribution in [0.25, 0.3) is 0 Å². The lowest BCUT2D eigenvalue weighted by Crippen LogP contribution is -2.23. The van der Waals surface area contributed by atoms with E-state index in [4.69, 9.17) is 9.15 Å². The molecule has 2 unspecified atom stereocenters. The third kappa shape index (κ3) is 4.92. The van der Waals surface area contributed by atoms with Gasteiger partial charge in [0.15, 0.2) is 6.10 Å². The van der Waals surface area contributed by atoms with Crippen molar-refractivity contribution in [1.29, 1.82) is 0 Å². The van der Waals surface area contributed by atoms with Gasteiger partial charge in [0.05, 0.1) is 11.8 Å². The van der Waals surface area contributed by atoms with E-state index in [0.29, 0.717) is 12.0 Å². The Hall–Kier alpha value is -2.49. The minimum Gasteiger partial charge on any atom is -0.508 e. The fourth-order valence-electron chi connectivity index (χ4n) is 4.20. The molecule has 0 aromatic carbocycles. The van der Waals surface area contributed by atoms with E-state index in [2.05, 4.69) is 44.7 Å². The van der Waals surface area contributed by atoms with Crippen molar-refractivity contribution in [3.8, 4) is 0 Å². The Kier molecular flexibility index (Phi) is 6.51. The quantitative estimate of drug-likeness (QED) is 0.320. The molecule has 1 N–H and O–H groups in total. The van der Waals surface area contributed by atoms with E-state index < -0.39 is 12.1 Å². The summed E-state index contributed by atoms with van der Waals surface area (Å²) in [6.07, 6.45) is 14.6. The summed E-state index contributed by atoms with van der Waals surface area (Å²) in [5.74, 6) is 0.731. The number of hydrogen-bond donors (Lipinski definition) is 1. The largest absolute Gasteiger partial charge is 0.508 e. The van der Waals surface area contributed by atoms with Crippen molar-refractivity contribution in [2.45, 2.75) is 77.2 Å². The summed E-state index contributed by atoms with van der Waals surface area (Å²) >= 11 is 0. The van der Waals surface area contributed by atoms with Crippen molar-refractivity contribution in [3.63, 3.8) is 0 Å². The number of aliphatic hydroxyl groups is 1. The zero-order valence-corrected chi connectivity index (χ0v) is 17.8. The number of rotatable bonds is 8. The highest BCUT2D eigenvalue weighted by Gasteiger charge is 2.33. The zero-order valence-electron chi connectivity index (χ0n) is 17.8. The fourth-order valence-corrected chi connectivity index (χ4v) is 4.20. The Morgan fingerprint density at radius 2 is 2.21 bits per heavy atom. The van der Waals surface area contributed by atoms with E-state index in [-0.39, 0.29) is 11.2 Å². The van der Waals surface area contributed by atoms with Crippen molar-refractivity contribution >= 4 is 5.97 Å². The molecule has 2 aliphatic rings. The number of hydrogen-bond acceptors (Lipinski definition) is 4. The molecule has 1 aromatic rings. The number of allylic oxidation sites excluding steroid dienone is 4. The van der Waals surface area contributed by atoms with Gasteiger partial charge in [-0.15, -0.1) is 0 Å². The third-order valence-electron chi connectivity index (χ3n) is 6.07. The van der Waals surface area contributed by atoms with E-state index in [1.807, 2.05) is 0 Å². The van der Waals surface area contributed by atoms with Crippen LogP contribution in [0, 0.1) is 0 Å². The number of ether oxygens (including phenoxy) is 1. The molecule has 0 radical (unpaired) electrons. The molecule has 1 aliphatic carbocycles. The van der Waals surface area contributed by atoms with Crippen molar-refractivity contribution in [2.24, 2.45) is 0 Å². The highest BCUT2D eigenvalue weighted by molar-refractivity contribution is 5.91. The number of furan rings is 1. The Morgan fingerprint density at radius 1 is 1.41 bits per heavy atom. The topological polar surface area (TPSA) is 59.7 Å². The lowest BCUT2D eigenvalue weighted by molar-refractivity contribution is -0.140. The van der Waals surface area contributed by atoms with Gasteiger partial charge in [0.2, 0.25) is 0 Å². The predicted octanol–water partition coefficient (Wildman–Crippen LogP) is 6.25. The molecule has 0 fully saturated rings. The number of aliphatic hydroxyl groups excluding tert-OH is 1. The summed E-state index contributed by atoms with van der Waals surface area (Å²) in [6.45, 7) is 10.1. The summed E-state index contributed by atoms with van der Waals surface area (Å²) in [5, 5.41) is 9.93. The van der Waals surface area contributed by atoms with Crippen LogP contribution in [0.15, 0.2) is 64.0 Å². The monoisotopic (exact) mass is 396 g/mol. The third-order valence-corrected chi connectivity index (χ3v) is 6.07. The van der Waals surface area contributed by atoms with Gasteiger partial charge in [0.25, 0.3) is 0 Å². The van der Waals surface area contributed by atoms with Crippen molar-refractivity contribution < 1.29 is 19.1 Å². The first-order valence-corrected chi connectivity index (χ1v) is 10.5. The first-order chi connectivity index (χ1) is 13.8. The molecule has 0 spiro atoms. The smallest absolute Gasteiger partial charge is 0.338 e. The van der Waals surface area contributed by atoms with E-state index in [1.165, 1.54) is 17.6 Å². The minimum atomic E-state index is -0.558. The number of carbonyl (C=O) groups excluding carboxylic acids is 1. The molecule has 0 saturated heterocycles. The van der Waals surface area contributed by atoms with Gasteiger partial charge in [0.1, 0.15) is 11.5 Å². The normalized spacial score (nSPS) is 24.9. The Labute approximate surface area is 173 Å². The van der Waals surface area contributed by atoms with Crippen LogP contribution < -0.4 is 0 Å². The fraction of sp³-hybridized carbons (Fsp3) is 0.480. The molecule has 3 rings (SSSR count). The number of esters is 1. The highest BCUT2D eigenvalue weighted by atomic mass is 16.6. The van der Waals surface area contributed by atoms with Gasteiger partial charge in [-0.2, -0.15) is 0 Å². The molecule has 1 aliphatic heterocycles. The van der Waals surface area contributed by atoms with E-state index >= 15 is 0 Å². The average Bonchev–Trinajstić information content (AvgIpc) is 3.24. The Balaban J connectivity index is 1.45. The van der Waals surface area contributed by atoms with Crippen LogP contribution in [-0.4, -0.2) is 17.2 Å². The lowest BCUT2D eigenvalue weighted by atomic mass is 9.75. The van der Waals surface area contributed by atoms with E-state index in [1.54, 1.807) is 13.2 Å². The maximum Gasteiger partial charge on any atom is 0.338 e. The van der Waals surface area contributed by atoms with Crippen LogP contribution in [0.5, 0.6) is 0 Å². The van der Waals surface area contributed by atoms with Crippen LogP contribution in [-0.2, 0) is 21.4 Å². The van der Waals surface area contributed by atoms with Gasteiger partial charge in [-0.05, 0) is 70.9 Å². The maximum absolute atomic E-state index is 11.5. The zero-order chi connectivity index (χ0) is 21.0. The first kappa shape index (κ1) is 21.2. The molecule has 2 atom stereocenters. The van der Waals surface area contributed by atoms with Crippen LogP contribution in [0.3, 0.4) is 0 Å². The van der Waals surface area contributed by atoms with Gasteiger partial charge >= 0.3 is 5.97 Å². The van der Waals surface area contributed by atoms with Crippen molar-refractivity contribution in [1.82, 2.24) is 0 Å². The highest BCUT2D eigenvalue weighted by Crippen LogP contribution is 2.39. The van der Waals surface area contributed by atoms with Gasteiger partial charge in [-0.25, -0.2) is 4.79 Å². The lowest BCUT2D eigenvalue weighted by Gasteiger charge is -2.29. The SMILES string of the molecule is C=C(CCCC(C)=CC=CC1(C)CCCc2ccoc21)CC1OC(=O)C(C)=C1O. The minimum absolute atomic E-state index is 0.0193. The molecule has 156 valence electrons. The summed E-state index contributed by atoms with van der Waals surface area (Å²) in [7, 11) is 0. The summed E-state index contributed by atoms with van der Waals surface area (Å²) in [4.78, 5) is 11.5. The van der Waals surface area contributed by atoms with Crippen LogP contribution in [0.2, 0.25) is 0 Å². The molecular weight excluding hydrogens is 364 g/mol. The standard InChI is InChI=1S/C25H32O4/c1-17(8-5-9-18(2)16-21-22(26)19(3)24(27)29-21)10-6-13-25(4)14-7-11-20-12-15-28-23(20)25/h6,10,12-13,15,21,26H,2,5,7-9,11,14,16H2,1,3-4H3. The summed E-state index contributed by atoms with van der Waals surface area (Å²) < 4.78 is 10.9. The molecule has 4 nitrogen and oxygen atoms in total. The van der Waals surface area contributed by atoms with Gasteiger partial charge in [-0.1, -0.05) is 36.0 Å². The first-order valence-electron chi connectivity index (χ1n) is 10.5. The summed E-state index contributed by atoms with van der Waals surface area (Å²) in [6, 6.07) is 2.10. The second-order valence-electron chi connectivity index (χ2n) is 8.63. The van der Waals surface area contributed by atoms with Crippen molar-refractivity contribution in [3.05, 3.63) is 70.9 Å². The van der Waals surface area contributed by atoms with Crippen LogP contribution >= 0.6 is 0 Å². The molecular formula is C25H32O4. The number of cyclic esters (lactones) is 1. The molecule has 0 bridgehead atoms. The van der Waals surface area contributed by atoms with Crippen LogP contribution in [0.1, 0.15) is 70.6 Å². The van der Waals surface area contributed by atoms with Gasteiger partial charge in [0, 0.05) is 11.8 Å². The predicted molar refractivity (Wildman–Crippen MR) is 115 cm³/mol. The number of fused-ring (bicyclic) bond motifs is 1. The molecule has 4 heteroatoms. The summed E-state index contributed by atoms with van der Waals surface area (Å²) in [5.41, 5.74) is 3.94. The maximum atomic E-state index is 11.5. The second-order valence-corrected chi connectivity index (χ2v) is 8.63. The van der Waals surface area contributed by atoms with Crippen molar-refractivity contribution in [2.75, 3.05) is 0 Å². The number of carbonyl (C=O) groups is 1. The Bertz CT molecular complexity index is 867. The van der Waals surface area contributed by atoms with Gasteiger partial charge < -0.3 is 14.3 Å². The molecule has 29 heavy (non-hydrogen) atoms. The molecule has 1 aromatic heterocycles. The molecule has 2 heterocycles.